The Balaban J connectivity index is 1.73. The Morgan fingerprint density at radius 3 is 1.97 bits per heavy atom. The fraction of sp³-hybridized carbons (Fsp3) is 0.500. The molecule has 18 N–H and O–H groups in total. The molecule has 76 heavy (non-hydrogen) atoms. The number of phenols is 1. The van der Waals surface area contributed by atoms with Gasteiger partial charge < -0.3 is 75.9 Å². The zero-order valence-electron chi connectivity index (χ0n) is 42.2. The SMILES string of the molecule is CC1(C)CC(=O)N[C@@H](Cc2ccc(O)cc2)C(=O)N[C@@H](Cc2ccccc2)C(=O)N[C@@H](CCC(N)=O)C(=O)N[C@@H](CC(N)=O)C(=O)N[C@@H](C(=O)N2CCCC2C(=O)N[C@@H](CCCN=C(N)N)C(=O)NCC(N)=O)CSS1. The van der Waals surface area contributed by atoms with Crippen LogP contribution in [0.2, 0.25) is 0 Å². The van der Waals surface area contributed by atoms with Crippen molar-refractivity contribution in [1.82, 2.24) is 42.1 Å². The average Bonchev–Trinajstić information content (AvgIpc) is 3.85. The van der Waals surface area contributed by atoms with Gasteiger partial charge in [-0.25, -0.2) is 0 Å². The quantitative estimate of drug-likeness (QED) is 0.0280. The third-order valence-electron chi connectivity index (χ3n) is 11.9. The summed E-state index contributed by atoms with van der Waals surface area (Å²) in [6.45, 7) is 3.03. The molecule has 2 fully saturated rings. The van der Waals surface area contributed by atoms with E-state index in [0.717, 1.165) is 21.6 Å². The van der Waals surface area contributed by atoms with E-state index in [0.29, 0.717) is 17.5 Å². The minimum Gasteiger partial charge on any atom is -0.508 e. The van der Waals surface area contributed by atoms with Crippen molar-refractivity contribution >= 4 is 92.5 Å². The number of benzene rings is 2. The summed E-state index contributed by atoms with van der Waals surface area (Å²) in [7, 11) is 2.22. The number of carbonyl (C=O) groups is 11. The summed E-state index contributed by atoms with van der Waals surface area (Å²) in [5.74, 6) is -9.95. The van der Waals surface area contributed by atoms with Crippen molar-refractivity contribution in [3.8, 4) is 5.75 Å². The number of aliphatic imine (C=N–C) groups is 1. The van der Waals surface area contributed by atoms with Crippen molar-refractivity contribution in [2.24, 2.45) is 33.7 Å². The molecule has 2 aromatic rings. The zero-order valence-corrected chi connectivity index (χ0v) is 43.8. The van der Waals surface area contributed by atoms with Gasteiger partial charge in [-0.1, -0.05) is 64.1 Å². The molecule has 26 nitrogen and oxygen atoms in total. The average molecular weight is 1100 g/mol. The maximum absolute atomic E-state index is 14.7. The summed E-state index contributed by atoms with van der Waals surface area (Å²) in [6.07, 6.45) is -1.44. The first-order chi connectivity index (χ1) is 35.9. The molecule has 0 saturated carbocycles. The van der Waals surface area contributed by atoms with E-state index in [1.807, 2.05) is 0 Å². The van der Waals surface area contributed by atoms with E-state index in [4.69, 9.17) is 28.7 Å². The predicted octanol–water partition coefficient (Wildman–Crippen LogP) is -3.56. The van der Waals surface area contributed by atoms with E-state index < -0.39 is 138 Å². The molecule has 2 aliphatic rings. The highest BCUT2D eigenvalue weighted by atomic mass is 33.1. The van der Waals surface area contributed by atoms with Crippen LogP contribution in [-0.2, 0) is 65.6 Å². The van der Waals surface area contributed by atoms with E-state index in [1.165, 1.54) is 17.0 Å². The number of rotatable bonds is 19. The number of amides is 11. The summed E-state index contributed by atoms with van der Waals surface area (Å²) in [6, 6.07) is 4.43. The molecule has 2 aromatic carbocycles. The van der Waals surface area contributed by atoms with Crippen LogP contribution in [-0.4, -0.2) is 153 Å². The first-order valence-corrected chi connectivity index (χ1v) is 26.6. The van der Waals surface area contributed by atoms with Crippen LogP contribution < -0.4 is 65.9 Å². The Bertz CT molecular complexity index is 2460. The van der Waals surface area contributed by atoms with E-state index in [-0.39, 0.29) is 69.1 Å². The fourth-order valence-electron chi connectivity index (χ4n) is 8.13. The molecular weight excluding hydrogens is 1030 g/mol. The van der Waals surface area contributed by atoms with Crippen LogP contribution in [0.25, 0.3) is 0 Å². The number of nitrogens with one attached hydrogen (secondary N) is 7. The maximum atomic E-state index is 14.7. The van der Waals surface area contributed by atoms with Gasteiger partial charge in [0.25, 0.3) is 0 Å². The molecule has 0 bridgehead atoms. The zero-order chi connectivity index (χ0) is 56.1. The monoisotopic (exact) mass is 1100 g/mol. The molecule has 0 radical (unpaired) electrons. The Labute approximate surface area is 446 Å². The van der Waals surface area contributed by atoms with E-state index >= 15 is 0 Å². The molecule has 2 heterocycles. The van der Waals surface area contributed by atoms with Gasteiger partial charge in [-0.15, -0.1) is 0 Å². The number of primary amides is 3. The highest BCUT2D eigenvalue weighted by Gasteiger charge is 2.41. The molecule has 0 aliphatic carbocycles. The Hall–Kier alpha value is -7.62. The van der Waals surface area contributed by atoms with E-state index in [1.54, 1.807) is 56.3 Å². The molecule has 4 rings (SSSR count). The second-order valence-corrected chi connectivity index (χ2v) is 21.8. The number of aromatic hydroxyl groups is 1. The predicted molar refractivity (Wildman–Crippen MR) is 281 cm³/mol. The van der Waals surface area contributed by atoms with Crippen molar-refractivity contribution in [1.29, 1.82) is 0 Å². The standard InChI is InChI=1S/C48H68N14O12S2/c1-48(2)23-39(67)56-31(21-27-12-14-28(63)15-13-27)42(70)59-32(20-26-8-4-3-5-9-26)43(71)57-30(16-17-36(49)64)41(69)60-33(22-37(50)65)44(72)61-34(25-75-76-48)46(74)62-19-7-11-35(62)45(73)58-29(10-6-18-54-47(52)53)40(68)55-24-38(51)66/h3-5,8-9,12-15,29-35,63H,6-7,10-11,16-25H2,1-2H3,(H2,49,64)(H2,50,65)(H2,51,66)(H,55,68)(H,56,67)(H,57,71)(H,58,73)(H,59,70)(H,60,69)(H,61,72)(H4,52,53,54)/t29-,30-,31-,32-,33-,34+,35?/m0/s1. The molecule has 2 aliphatic heterocycles. The Morgan fingerprint density at radius 2 is 1.36 bits per heavy atom. The topological polar surface area (TPSA) is 438 Å². The number of carbonyl (C=O) groups excluding carboxylic acids is 11. The van der Waals surface area contributed by atoms with Crippen molar-refractivity contribution in [3.63, 3.8) is 0 Å². The highest BCUT2D eigenvalue weighted by Crippen LogP contribution is 2.39. The second kappa shape index (κ2) is 29.5. The Morgan fingerprint density at radius 1 is 0.763 bits per heavy atom. The number of guanidine groups is 1. The van der Waals surface area contributed by atoms with E-state index in [2.05, 4.69) is 42.2 Å². The lowest BCUT2D eigenvalue weighted by molar-refractivity contribution is -0.142. The lowest BCUT2D eigenvalue weighted by Gasteiger charge is -2.31. The van der Waals surface area contributed by atoms with Crippen LogP contribution in [0.4, 0.5) is 0 Å². The van der Waals surface area contributed by atoms with Crippen molar-refractivity contribution in [2.75, 3.05) is 25.4 Å². The van der Waals surface area contributed by atoms with Crippen LogP contribution >= 0.6 is 21.6 Å². The number of phenolic OH excluding ortho intramolecular Hbond substituents is 1. The van der Waals surface area contributed by atoms with Crippen molar-refractivity contribution in [2.45, 2.75) is 125 Å². The molecule has 1 unspecified atom stereocenters. The minimum absolute atomic E-state index is 0.00864. The molecule has 7 atom stereocenters. The van der Waals surface area contributed by atoms with Crippen LogP contribution in [0, 0.1) is 0 Å². The number of hydrogen-bond acceptors (Lipinski definition) is 15. The second-order valence-electron chi connectivity index (χ2n) is 18.8. The van der Waals surface area contributed by atoms with Crippen molar-refractivity contribution in [3.05, 3.63) is 65.7 Å². The number of nitrogens with zero attached hydrogens (tertiary/aromatic N) is 2. The number of likely N-dealkylation sites (tertiary alicyclic amines) is 1. The van der Waals surface area contributed by atoms with Gasteiger partial charge in [-0.3, -0.25) is 57.7 Å². The lowest BCUT2D eigenvalue weighted by Crippen LogP contribution is -2.61. The van der Waals surface area contributed by atoms with Crippen LogP contribution in [0.5, 0.6) is 5.75 Å². The summed E-state index contributed by atoms with van der Waals surface area (Å²) in [4.78, 5) is 154. The molecule has 0 aromatic heterocycles. The third kappa shape index (κ3) is 20.6. The molecule has 0 spiro atoms. The lowest BCUT2D eigenvalue weighted by atomic mass is 10.0. The van der Waals surface area contributed by atoms with Gasteiger partial charge in [0, 0.05) is 49.3 Å². The van der Waals surface area contributed by atoms with Gasteiger partial charge in [0.15, 0.2) is 5.96 Å². The Kier molecular flexibility index (Phi) is 23.6. The molecule has 2 saturated heterocycles. The van der Waals surface area contributed by atoms with Gasteiger partial charge in [0.05, 0.1) is 13.0 Å². The summed E-state index contributed by atoms with van der Waals surface area (Å²) >= 11 is 0. The summed E-state index contributed by atoms with van der Waals surface area (Å²) in [5, 5.41) is 28.0. The largest absolute Gasteiger partial charge is 0.508 e. The first-order valence-electron chi connectivity index (χ1n) is 24.3. The number of hydrogen-bond donors (Lipinski definition) is 13. The van der Waals surface area contributed by atoms with Gasteiger partial charge in [0.1, 0.15) is 48.0 Å². The van der Waals surface area contributed by atoms with Gasteiger partial charge in [0.2, 0.25) is 65.0 Å². The van der Waals surface area contributed by atoms with Gasteiger partial charge in [-0.2, -0.15) is 0 Å². The van der Waals surface area contributed by atoms with Crippen LogP contribution in [0.1, 0.15) is 76.3 Å². The van der Waals surface area contributed by atoms with Crippen molar-refractivity contribution < 1.29 is 57.8 Å². The molecule has 28 heteroatoms. The minimum atomic E-state index is -1.78. The smallest absolute Gasteiger partial charge is 0.246 e. The van der Waals surface area contributed by atoms with Crippen LogP contribution in [0.3, 0.4) is 0 Å². The fourth-order valence-corrected chi connectivity index (χ4v) is 10.8. The summed E-state index contributed by atoms with van der Waals surface area (Å²) in [5.41, 5.74) is 28.2. The summed E-state index contributed by atoms with van der Waals surface area (Å²) < 4.78 is -0.938. The van der Waals surface area contributed by atoms with Gasteiger partial charge >= 0.3 is 0 Å². The van der Waals surface area contributed by atoms with Gasteiger partial charge in [-0.05, 0) is 69.2 Å². The maximum Gasteiger partial charge on any atom is 0.246 e. The molecule has 414 valence electrons. The third-order valence-corrected chi connectivity index (χ3v) is 15.2. The van der Waals surface area contributed by atoms with Crippen LogP contribution in [0.15, 0.2) is 59.6 Å². The molecule has 11 amide bonds. The normalized spacial score (nSPS) is 22.2. The molecular formula is C48H68N14O12S2. The highest BCUT2D eigenvalue weighted by molar-refractivity contribution is 8.77. The first kappa shape index (κ1) is 60.9. The number of nitrogens with two attached hydrogens (primary N) is 5. The van der Waals surface area contributed by atoms with E-state index in [9.17, 15) is 57.8 Å².